The van der Waals surface area contributed by atoms with Gasteiger partial charge in [0.2, 0.25) is 0 Å². The summed E-state index contributed by atoms with van der Waals surface area (Å²) in [6.07, 6.45) is 4.05. The molecule has 26 heavy (non-hydrogen) atoms. The number of aliphatic carboxylic acids is 1. The molecule has 0 radical (unpaired) electrons. The first-order chi connectivity index (χ1) is 12.1. The van der Waals surface area contributed by atoms with Gasteiger partial charge in [0.1, 0.15) is 5.60 Å². The third kappa shape index (κ3) is 9.25. The summed E-state index contributed by atoms with van der Waals surface area (Å²) in [6, 6.07) is 9.23. The van der Waals surface area contributed by atoms with Crippen molar-refractivity contribution in [1.29, 1.82) is 0 Å². The lowest BCUT2D eigenvalue weighted by molar-refractivity contribution is -0.140. The van der Waals surface area contributed by atoms with Crippen LogP contribution in [0, 0.1) is 11.8 Å². The summed E-state index contributed by atoms with van der Waals surface area (Å²) in [6.45, 7) is 9.52. The predicted octanol–water partition coefficient (Wildman–Crippen LogP) is 4.43. The van der Waals surface area contributed by atoms with Crippen molar-refractivity contribution >= 4 is 12.1 Å². The predicted molar refractivity (Wildman–Crippen MR) is 103 cm³/mol. The molecule has 1 aromatic rings. The largest absolute Gasteiger partial charge is 0.481 e. The van der Waals surface area contributed by atoms with Gasteiger partial charge in [-0.05, 0) is 45.1 Å². The molecule has 0 heterocycles. The SMILES string of the molecule is CC(C)C[C@@H](/C=C/[C@@H](Cc1ccccc1)C(=O)O)NC(=O)OC(C)(C)C. The smallest absolute Gasteiger partial charge is 0.408 e. The highest BCUT2D eigenvalue weighted by Gasteiger charge is 2.20. The Morgan fingerprint density at radius 1 is 1.15 bits per heavy atom. The molecular formula is C21H31NO4. The summed E-state index contributed by atoms with van der Waals surface area (Å²) in [5.74, 6) is -1.19. The van der Waals surface area contributed by atoms with E-state index in [9.17, 15) is 14.7 Å². The molecular weight excluding hydrogens is 330 g/mol. The first-order valence-electron chi connectivity index (χ1n) is 9.01. The second-order valence-corrected chi connectivity index (χ2v) is 7.90. The van der Waals surface area contributed by atoms with Crippen LogP contribution in [-0.4, -0.2) is 28.8 Å². The second kappa shape index (κ2) is 10.00. The van der Waals surface area contributed by atoms with Crippen LogP contribution in [0.3, 0.4) is 0 Å². The maximum atomic E-state index is 12.0. The van der Waals surface area contributed by atoms with Crippen molar-refractivity contribution in [2.75, 3.05) is 0 Å². The molecule has 0 spiro atoms. The zero-order valence-corrected chi connectivity index (χ0v) is 16.4. The van der Waals surface area contributed by atoms with Crippen LogP contribution >= 0.6 is 0 Å². The fourth-order valence-corrected chi connectivity index (χ4v) is 2.53. The molecule has 0 aliphatic carbocycles. The summed E-state index contributed by atoms with van der Waals surface area (Å²) in [5, 5.41) is 12.3. The lowest BCUT2D eigenvalue weighted by atomic mass is 9.96. The molecule has 1 amide bonds. The number of carbonyl (C=O) groups excluding carboxylic acids is 1. The normalized spacial score (nSPS) is 14.2. The van der Waals surface area contributed by atoms with Crippen LogP contribution in [0.4, 0.5) is 4.79 Å². The third-order valence-electron chi connectivity index (χ3n) is 3.62. The average molecular weight is 361 g/mol. The Bertz CT molecular complexity index is 602. The first kappa shape index (κ1) is 21.7. The molecule has 0 aliphatic rings. The minimum Gasteiger partial charge on any atom is -0.481 e. The topological polar surface area (TPSA) is 75.6 Å². The number of alkyl carbamates (subject to hydrolysis) is 1. The highest BCUT2D eigenvalue weighted by Crippen LogP contribution is 2.14. The first-order valence-corrected chi connectivity index (χ1v) is 9.01. The van der Waals surface area contributed by atoms with Crippen LogP contribution in [0.25, 0.3) is 0 Å². The van der Waals surface area contributed by atoms with E-state index in [4.69, 9.17) is 4.74 Å². The van der Waals surface area contributed by atoms with Gasteiger partial charge in [0, 0.05) is 0 Å². The number of hydrogen-bond donors (Lipinski definition) is 2. The van der Waals surface area contributed by atoms with E-state index in [1.54, 1.807) is 32.9 Å². The van der Waals surface area contributed by atoms with Gasteiger partial charge in [-0.15, -0.1) is 0 Å². The van der Waals surface area contributed by atoms with Gasteiger partial charge in [-0.3, -0.25) is 4.79 Å². The van der Waals surface area contributed by atoms with Gasteiger partial charge >= 0.3 is 12.1 Å². The fourth-order valence-electron chi connectivity index (χ4n) is 2.53. The molecule has 0 saturated carbocycles. The highest BCUT2D eigenvalue weighted by molar-refractivity contribution is 5.72. The molecule has 0 aliphatic heterocycles. The average Bonchev–Trinajstić information content (AvgIpc) is 2.49. The maximum Gasteiger partial charge on any atom is 0.408 e. The Balaban J connectivity index is 2.81. The van der Waals surface area contributed by atoms with Crippen LogP contribution in [-0.2, 0) is 16.0 Å². The van der Waals surface area contributed by atoms with Crippen molar-refractivity contribution < 1.29 is 19.4 Å². The molecule has 1 aromatic carbocycles. The molecule has 0 unspecified atom stereocenters. The van der Waals surface area contributed by atoms with Crippen LogP contribution in [0.15, 0.2) is 42.5 Å². The van der Waals surface area contributed by atoms with Crippen LogP contribution in [0.1, 0.15) is 46.6 Å². The molecule has 0 fully saturated rings. The molecule has 5 heteroatoms. The van der Waals surface area contributed by atoms with E-state index in [2.05, 4.69) is 19.2 Å². The molecule has 1 rings (SSSR count). The van der Waals surface area contributed by atoms with E-state index in [1.165, 1.54) is 0 Å². The Hall–Kier alpha value is -2.30. The number of rotatable bonds is 8. The maximum absolute atomic E-state index is 12.0. The number of carbonyl (C=O) groups is 2. The highest BCUT2D eigenvalue weighted by atomic mass is 16.6. The summed E-state index contributed by atoms with van der Waals surface area (Å²) in [4.78, 5) is 23.6. The number of benzene rings is 1. The standard InChI is InChI=1S/C21H31NO4/c1-15(2)13-18(22-20(25)26-21(3,4)5)12-11-17(19(23)24)14-16-9-7-6-8-10-16/h6-12,15,17-18H,13-14H2,1-5H3,(H,22,25)(H,23,24)/b12-11+/t17-,18+/m0/s1. The Labute approximate surface area is 156 Å². The van der Waals surface area contributed by atoms with E-state index in [1.807, 2.05) is 30.3 Å². The number of nitrogens with one attached hydrogen (secondary N) is 1. The molecule has 144 valence electrons. The van der Waals surface area contributed by atoms with Crippen LogP contribution < -0.4 is 5.32 Å². The Kier molecular flexibility index (Phi) is 8.36. The number of amides is 1. The van der Waals surface area contributed by atoms with Crippen LogP contribution in [0.5, 0.6) is 0 Å². The molecule has 2 N–H and O–H groups in total. The van der Waals surface area contributed by atoms with Crippen molar-refractivity contribution in [3.8, 4) is 0 Å². The number of carboxylic acid groups (broad SMARTS) is 1. The van der Waals surface area contributed by atoms with Gasteiger partial charge in [-0.1, -0.05) is 56.3 Å². The second-order valence-electron chi connectivity index (χ2n) is 7.90. The number of hydrogen-bond acceptors (Lipinski definition) is 3. The lowest BCUT2D eigenvalue weighted by Crippen LogP contribution is -2.39. The lowest BCUT2D eigenvalue weighted by Gasteiger charge is -2.23. The molecule has 5 nitrogen and oxygen atoms in total. The number of ether oxygens (including phenoxy) is 1. The summed E-state index contributed by atoms with van der Waals surface area (Å²) >= 11 is 0. The van der Waals surface area contributed by atoms with E-state index in [0.29, 0.717) is 18.8 Å². The van der Waals surface area contributed by atoms with E-state index >= 15 is 0 Å². The van der Waals surface area contributed by atoms with Gasteiger partial charge in [0.05, 0.1) is 12.0 Å². The van der Waals surface area contributed by atoms with Crippen molar-refractivity contribution in [1.82, 2.24) is 5.32 Å². The van der Waals surface area contributed by atoms with E-state index in [0.717, 1.165) is 5.56 Å². The summed E-state index contributed by atoms with van der Waals surface area (Å²) in [7, 11) is 0. The van der Waals surface area contributed by atoms with Crippen LogP contribution in [0.2, 0.25) is 0 Å². The van der Waals surface area contributed by atoms with E-state index in [-0.39, 0.29) is 6.04 Å². The molecule has 0 saturated heterocycles. The Morgan fingerprint density at radius 2 is 1.77 bits per heavy atom. The monoisotopic (exact) mass is 361 g/mol. The quantitative estimate of drug-likeness (QED) is 0.672. The zero-order chi connectivity index (χ0) is 19.7. The van der Waals surface area contributed by atoms with Gasteiger partial charge in [-0.2, -0.15) is 0 Å². The van der Waals surface area contributed by atoms with Gasteiger partial charge in [0.25, 0.3) is 0 Å². The number of carboxylic acids is 1. The van der Waals surface area contributed by atoms with Gasteiger partial charge < -0.3 is 15.2 Å². The summed E-state index contributed by atoms with van der Waals surface area (Å²) < 4.78 is 5.30. The fraction of sp³-hybridized carbons (Fsp3) is 0.524. The summed E-state index contributed by atoms with van der Waals surface area (Å²) in [5.41, 5.74) is 0.387. The molecule has 0 aromatic heterocycles. The van der Waals surface area contributed by atoms with E-state index < -0.39 is 23.6 Å². The zero-order valence-electron chi connectivity index (χ0n) is 16.4. The van der Waals surface area contributed by atoms with Crippen molar-refractivity contribution in [3.63, 3.8) is 0 Å². The van der Waals surface area contributed by atoms with Crippen molar-refractivity contribution in [3.05, 3.63) is 48.0 Å². The minimum absolute atomic E-state index is 0.275. The van der Waals surface area contributed by atoms with Crippen molar-refractivity contribution in [2.45, 2.75) is 59.1 Å². The van der Waals surface area contributed by atoms with Crippen molar-refractivity contribution in [2.24, 2.45) is 11.8 Å². The van der Waals surface area contributed by atoms with Gasteiger partial charge in [0.15, 0.2) is 0 Å². The third-order valence-corrected chi connectivity index (χ3v) is 3.62. The molecule has 2 atom stereocenters. The Morgan fingerprint density at radius 3 is 2.27 bits per heavy atom. The van der Waals surface area contributed by atoms with Gasteiger partial charge in [-0.25, -0.2) is 4.79 Å². The molecule has 0 bridgehead atoms. The minimum atomic E-state index is -0.884.